The molecule has 2 atom stereocenters. The number of carbonyl (C=O) groups excluding carboxylic acids is 2. The highest BCUT2D eigenvalue weighted by Crippen LogP contribution is 2.52. The van der Waals surface area contributed by atoms with Crippen LogP contribution in [-0.2, 0) is 65.0 Å². The molecular formula is C44H42F6N6O8S2. The normalized spacial score (nSPS) is 21.6. The molecule has 0 fully saturated rings. The Hall–Kier alpha value is -6.10. The summed E-state index contributed by atoms with van der Waals surface area (Å²) < 4.78 is 155. The van der Waals surface area contributed by atoms with Gasteiger partial charge in [-0.05, 0) is 81.3 Å². The zero-order chi connectivity index (χ0) is 48.9. The van der Waals surface area contributed by atoms with E-state index in [-0.39, 0.29) is 59.1 Å². The van der Waals surface area contributed by atoms with E-state index in [1.807, 2.05) is 0 Å². The highest BCUT2D eigenvalue weighted by atomic mass is 32.2. The Morgan fingerprint density at radius 2 is 0.864 bits per heavy atom. The second kappa shape index (κ2) is 17.6. The SMILES string of the molecule is CCc1cc(-c2cc(CC)c(C3(S(=O)(=O)O)C/C(=N\N)C(=NC(=O)C(F)(F)F)c4ccccc43)c(CC)c2)cc(CC)c1C1(S(=O)(=O)O)C/C(=N/N)C(=NC(=O)C(F)(F)F)c2ccccc21. The van der Waals surface area contributed by atoms with Crippen LogP contribution < -0.4 is 11.7 Å². The van der Waals surface area contributed by atoms with Crippen LogP contribution in [0.15, 0.2) is 93.0 Å². The second-order valence-corrected chi connectivity index (χ2v) is 18.8. The molecule has 0 saturated carbocycles. The summed E-state index contributed by atoms with van der Waals surface area (Å²) in [6, 6.07) is 17.1. The predicted octanol–water partition coefficient (Wildman–Crippen LogP) is 7.06. The van der Waals surface area contributed by atoms with Crippen LogP contribution >= 0.6 is 0 Å². The molecule has 4 aromatic carbocycles. The van der Waals surface area contributed by atoms with Gasteiger partial charge in [-0.1, -0.05) is 100 Å². The van der Waals surface area contributed by atoms with Gasteiger partial charge >= 0.3 is 24.2 Å². The first-order valence-electron chi connectivity index (χ1n) is 20.2. The molecule has 350 valence electrons. The molecule has 6 N–H and O–H groups in total. The van der Waals surface area contributed by atoms with Crippen molar-refractivity contribution in [2.75, 3.05) is 0 Å². The predicted molar refractivity (Wildman–Crippen MR) is 235 cm³/mol. The van der Waals surface area contributed by atoms with Gasteiger partial charge in [0, 0.05) is 24.0 Å². The van der Waals surface area contributed by atoms with Crippen LogP contribution in [0.1, 0.15) is 96.2 Å². The Bertz CT molecular complexity index is 2790. The number of alkyl halides is 6. The van der Waals surface area contributed by atoms with Gasteiger partial charge in [0.1, 0.15) is 0 Å². The van der Waals surface area contributed by atoms with Gasteiger partial charge < -0.3 is 11.7 Å². The van der Waals surface area contributed by atoms with Crippen LogP contribution in [0.5, 0.6) is 0 Å². The van der Waals surface area contributed by atoms with E-state index in [2.05, 4.69) is 20.2 Å². The number of hydrazone groups is 2. The largest absolute Gasteiger partial charge is 0.473 e. The maximum absolute atomic E-state index is 14.0. The van der Waals surface area contributed by atoms with E-state index in [9.17, 15) is 61.9 Å². The lowest BCUT2D eigenvalue weighted by atomic mass is 9.71. The molecule has 0 radical (unpaired) electrons. The van der Waals surface area contributed by atoms with Crippen molar-refractivity contribution in [1.82, 2.24) is 0 Å². The number of fused-ring (bicyclic) bond motifs is 2. The van der Waals surface area contributed by atoms with Gasteiger partial charge in [0.2, 0.25) is 0 Å². The van der Waals surface area contributed by atoms with Crippen molar-refractivity contribution in [3.63, 3.8) is 0 Å². The fourth-order valence-electron chi connectivity index (χ4n) is 9.20. The third kappa shape index (κ3) is 8.12. The van der Waals surface area contributed by atoms with Crippen molar-refractivity contribution in [3.05, 3.63) is 128 Å². The van der Waals surface area contributed by atoms with E-state index in [0.717, 1.165) is 0 Å². The van der Waals surface area contributed by atoms with Gasteiger partial charge in [-0.15, -0.1) is 0 Å². The van der Waals surface area contributed by atoms with E-state index < -0.39 is 89.6 Å². The minimum absolute atomic E-state index is 0.0656. The molecule has 4 aromatic rings. The van der Waals surface area contributed by atoms with Crippen LogP contribution in [0.4, 0.5) is 26.3 Å². The molecule has 0 aliphatic heterocycles. The lowest BCUT2D eigenvalue weighted by Gasteiger charge is -2.40. The third-order valence-corrected chi connectivity index (χ3v) is 14.9. The van der Waals surface area contributed by atoms with Crippen molar-refractivity contribution in [2.24, 2.45) is 31.9 Å². The van der Waals surface area contributed by atoms with E-state index >= 15 is 0 Å². The summed E-state index contributed by atoms with van der Waals surface area (Å²) in [6.45, 7) is 6.80. The second-order valence-electron chi connectivity index (χ2n) is 15.5. The Morgan fingerprint density at radius 1 is 0.576 bits per heavy atom. The number of aryl methyl sites for hydroxylation is 4. The molecule has 0 bridgehead atoms. The zero-order valence-electron chi connectivity index (χ0n) is 35.5. The topological polar surface area (TPSA) is 244 Å². The van der Waals surface area contributed by atoms with E-state index in [1.165, 1.54) is 48.5 Å². The average Bonchev–Trinajstić information content (AvgIpc) is 3.26. The number of amides is 2. The first-order valence-corrected chi connectivity index (χ1v) is 23.1. The highest BCUT2D eigenvalue weighted by Gasteiger charge is 2.56. The Kier molecular flexibility index (Phi) is 13.2. The summed E-state index contributed by atoms with van der Waals surface area (Å²) in [5.74, 6) is 6.35. The lowest BCUT2D eigenvalue weighted by Crippen LogP contribution is -2.47. The van der Waals surface area contributed by atoms with Crippen molar-refractivity contribution in [1.29, 1.82) is 0 Å². The maximum atomic E-state index is 14.0. The maximum Gasteiger partial charge on any atom is 0.473 e. The Balaban J connectivity index is 1.65. The van der Waals surface area contributed by atoms with Crippen molar-refractivity contribution in [2.45, 2.75) is 88.1 Å². The molecule has 6 rings (SSSR count). The minimum atomic E-state index is -5.40. The Morgan fingerprint density at radius 3 is 1.11 bits per heavy atom. The minimum Gasteiger partial charge on any atom is -0.323 e. The molecule has 14 nitrogen and oxygen atoms in total. The van der Waals surface area contributed by atoms with E-state index in [0.29, 0.717) is 33.4 Å². The average molecular weight is 961 g/mol. The zero-order valence-corrected chi connectivity index (χ0v) is 37.2. The summed E-state index contributed by atoms with van der Waals surface area (Å²) in [6.07, 6.45) is -12.0. The van der Waals surface area contributed by atoms with Crippen molar-refractivity contribution in [3.8, 4) is 11.1 Å². The van der Waals surface area contributed by atoms with Gasteiger partial charge in [0.15, 0.2) is 9.49 Å². The molecule has 0 aromatic heterocycles. The summed E-state index contributed by atoms with van der Waals surface area (Å²) in [4.78, 5) is 30.8. The standard InChI is InChI=1S/C44H42F6N6O8S2/c1-5-23-17-27(18-24(6-2)35(23)41(65(59,60)61)21-33(55-51)37(53-39(57)43(45,46)47)29-13-9-11-15-31(29)41)28-19-25(7-3)36(26(8-4)20-28)42(66(62,63)64)22-34(56-52)38(54-40(58)44(48,49)50)30-14-10-12-16-32(30)42/h9-20H,5-8,21-22,51-52H2,1-4H3,(H,59,60,61)(H,62,63,64)/b53-37?,54-38?,55-33-,56-34+. The van der Waals surface area contributed by atoms with Crippen LogP contribution in [0.25, 0.3) is 11.1 Å². The van der Waals surface area contributed by atoms with Crippen molar-refractivity contribution >= 4 is 54.9 Å². The van der Waals surface area contributed by atoms with Crippen LogP contribution in [-0.4, -0.2) is 73.0 Å². The number of nitrogens with zero attached hydrogens (tertiary/aromatic N) is 4. The van der Waals surface area contributed by atoms with Crippen LogP contribution in [0, 0.1) is 0 Å². The monoisotopic (exact) mass is 960 g/mol. The quantitative estimate of drug-likeness (QED) is 0.0576. The number of rotatable bonds is 9. The molecule has 2 aliphatic rings. The number of benzene rings is 4. The summed E-state index contributed by atoms with van der Waals surface area (Å²) >= 11 is 0. The summed E-state index contributed by atoms with van der Waals surface area (Å²) in [7, 11) is -10.6. The van der Waals surface area contributed by atoms with Gasteiger partial charge in [0.25, 0.3) is 20.2 Å². The first-order chi connectivity index (χ1) is 30.8. The number of halogens is 6. The fourth-order valence-corrected chi connectivity index (χ4v) is 11.8. The van der Waals surface area contributed by atoms with Crippen molar-refractivity contribution < 1.29 is 61.9 Å². The Labute approximate surface area is 375 Å². The molecule has 2 aliphatic carbocycles. The smallest absolute Gasteiger partial charge is 0.323 e. The molecule has 0 saturated heterocycles. The van der Waals surface area contributed by atoms with Gasteiger partial charge in [-0.2, -0.15) is 53.4 Å². The fraction of sp³-hybridized carbons (Fsp3) is 0.318. The molecule has 2 amide bonds. The highest BCUT2D eigenvalue weighted by molar-refractivity contribution is 7.87. The van der Waals surface area contributed by atoms with Crippen LogP contribution in [0.2, 0.25) is 0 Å². The third-order valence-electron chi connectivity index (χ3n) is 12.0. The van der Waals surface area contributed by atoms with E-state index in [4.69, 9.17) is 11.7 Å². The number of nitrogens with two attached hydrogens (primary N) is 2. The molecule has 0 spiro atoms. The number of hydrogen-bond donors (Lipinski definition) is 4. The molecule has 22 heteroatoms. The number of carbonyl (C=O) groups is 2. The van der Waals surface area contributed by atoms with Gasteiger partial charge in [-0.3, -0.25) is 18.7 Å². The molecule has 66 heavy (non-hydrogen) atoms. The van der Waals surface area contributed by atoms with Gasteiger partial charge in [-0.25, -0.2) is 9.98 Å². The summed E-state index contributed by atoms with van der Waals surface area (Å²) in [5.41, 5.74) is -0.735. The van der Waals surface area contributed by atoms with E-state index in [1.54, 1.807) is 52.0 Å². The lowest BCUT2D eigenvalue weighted by molar-refractivity contribution is -0.169. The number of aliphatic imine (C=N–C) groups is 2. The number of hydrogen-bond acceptors (Lipinski definition) is 10. The summed E-state index contributed by atoms with van der Waals surface area (Å²) in [5, 5.41) is 7.16. The molecule has 0 heterocycles. The van der Waals surface area contributed by atoms with Gasteiger partial charge in [0.05, 0.1) is 22.8 Å². The molecular weight excluding hydrogens is 919 g/mol. The first kappa shape index (κ1) is 49.3. The molecule has 2 unspecified atom stereocenters. The van der Waals surface area contributed by atoms with Crippen LogP contribution in [0.3, 0.4) is 0 Å².